The third-order valence-electron chi connectivity index (χ3n) is 3.32. The second kappa shape index (κ2) is 5.66. The molecule has 0 spiro atoms. The van der Waals surface area contributed by atoms with Crippen molar-refractivity contribution in [2.75, 3.05) is 5.32 Å². The lowest BCUT2D eigenvalue weighted by Crippen LogP contribution is -2.00. The zero-order valence-electron chi connectivity index (χ0n) is 11.9. The summed E-state index contributed by atoms with van der Waals surface area (Å²) in [5.74, 6) is 1.36. The van der Waals surface area contributed by atoms with Crippen molar-refractivity contribution < 1.29 is 0 Å². The van der Waals surface area contributed by atoms with Gasteiger partial charge in [0.15, 0.2) is 17.3 Å². The van der Waals surface area contributed by atoms with Crippen LogP contribution in [0, 0.1) is 0 Å². The first-order valence-electron chi connectivity index (χ1n) is 6.95. The number of nitrogens with zero attached hydrogens (tertiary/aromatic N) is 5. The van der Waals surface area contributed by atoms with Gasteiger partial charge in [0.2, 0.25) is 0 Å². The van der Waals surface area contributed by atoms with Gasteiger partial charge in [-0.25, -0.2) is 0 Å². The Morgan fingerprint density at radius 1 is 0.870 bits per heavy atom. The molecule has 0 fully saturated rings. The van der Waals surface area contributed by atoms with E-state index in [2.05, 4.69) is 25.6 Å². The van der Waals surface area contributed by atoms with Gasteiger partial charge < -0.3 is 5.32 Å². The van der Waals surface area contributed by atoms with Gasteiger partial charge in [-0.1, -0.05) is 11.6 Å². The van der Waals surface area contributed by atoms with E-state index in [0.29, 0.717) is 22.3 Å². The van der Waals surface area contributed by atoms with Gasteiger partial charge in [-0.2, -0.15) is 4.52 Å². The highest BCUT2D eigenvalue weighted by molar-refractivity contribution is 6.30. The fourth-order valence-electron chi connectivity index (χ4n) is 2.22. The van der Waals surface area contributed by atoms with Crippen molar-refractivity contribution in [2.24, 2.45) is 0 Å². The van der Waals surface area contributed by atoms with Crippen molar-refractivity contribution in [1.82, 2.24) is 24.8 Å². The molecule has 4 rings (SSSR count). The van der Waals surface area contributed by atoms with E-state index in [1.54, 1.807) is 16.9 Å². The number of anilines is 2. The molecule has 0 saturated carbocycles. The second-order valence-electron chi connectivity index (χ2n) is 4.88. The summed E-state index contributed by atoms with van der Waals surface area (Å²) < 4.78 is 1.70. The minimum atomic E-state index is 0.669. The summed E-state index contributed by atoms with van der Waals surface area (Å²) in [5, 5.41) is 16.8. The van der Waals surface area contributed by atoms with Gasteiger partial charge in [0, 0.05) is 28.7 Å². The van der Waals surface area contributed by atoms with Crippen LogP contribution in [0.25, 0.3) is 17.0 Å². The molecule has 0 aliphatic carbocycles. The Labute approximate surface area is 136 Å². The minimum Gasteiger partial charge on any atom is -0.339 e. The van der Waals surface area contributed by atoms with Crippen molar-refractivity contribution >= 4 is 28.8 Å². The van der Waals surface area contributed by atoms with Crippen LogP contribution in [0.4, 0.5) is 11.5 Å². The summed E-state index contributed by atoms with van der Waals surface area (Å²) in [7, 11) is 0. The van der Waals surface area contributed by atoms with Crippen molar-refractivity contribution in [3.63, 3.8) is 0 Å². The number of pyridine rings is 1. The van der Waals surface area contributed by atoms with E-state index in [1.165, 1.54) is 0 Å². The van der Waals surface area contributed by atoms with Crippen molar-refractivity contribution in [3.05, 3.63) is 65.9 Å². The SMILES string of the molecule is Clc1ccc(Nc2ccc3nnc(-c4ccncc4)n3n2)cc1. The average Bonchev–Trinajstić information content (AvgIpc) is 3.01. The number of hydrogen-bond donors (Lipinski definition) is 1. The molecule has 1 aromatic carbocycles. The number of hydrogen-bond acceptors (Lipinski definition) is 5. The molecule has 0 bridgehead atoms. The van der Waals surface area contributed by atoms with E-state index in [0.717, 1.165) is 11.3 Å². The molecule has 3 heterocycles. The number of rotatable bonds is 3. The lowest BCUT2D eigenvalue weighted by atomic mass is 10.2. The van der Waals surface area contributed by atoms with Gasteiger partial charge in [-0.3, -0.25) is 4.98 Å². The number of aromatic nitrogens is 5. The maximum absolute atomic E-state index is 5.90. The Hall–Kier alpha value is -2.99. The van der Waals surface area contributed by atoms with E-state index in [1.807, 2.05) is 48.5 Å². The van der Waals surface area contributed by atoms with Gasteiger partial charge in [0.1, 0.15) is 0 Å². The maximum atomic E-state index is 5.90. The van der Waals surface area contributed by atoms with Gasteiger partial charge >= 0.3 is 0 Å². The summed E-state index contributed by atoms with van der Waals surface area (Å²) in [6.45, 7) is 0. The predicted molar refractivity (Wildman–Crippen MR) is 88.7 cm³/mol. The van der Waals surface area contributed by atoms with Gasteiger partial charge in [0.25, 0.3) is 0 Å². The first-order chi connectivity index (χ1) is 11.3. The Kier molecular flexibility index (Phi) is 3.36. The lowest BCUT2D eigenvalue weighted by molar-refractivity contribution is 0.941. The first kappa shape index (κ1) is 13.7. The lowest BCUT2D eigenvalue weighted by Gasteiger charge is -2.06. The van der Waals surface area contributed by atoms with Crippen molar-refractivity contribution in [2.45, 2.75) is 0 Å². The minimum absolute atomic E-state index is 0.669. The molecular weight excluding hydrogens is 312 g/mol. The van der Waals surface area contributed by atoms with E-state index >= 15 is 0 Å². The molecule has 4 aromatic rings. The number of nitrogens with one attached hydrogen (secondary N) is 1. The molecular formula is C16H11ClN6. The van der Waals surface area contributed by atoms with E-state index < -0.39 is 0 Å². The van der Waals surface area contributed by atoms with E-state index in [9.17, 15) is 0 Å². The molecule has 7 heteroatoms. The topological polar surface area (TPSA) is 68.0 Å². The number of halogens is 1. The number of benzene rings is 1. The Morgan fingerprint density at radius 3 is 2.43 bits per heavy atom. The third kappa shape index (κ3) is 2.72. The fraction of sp³-hybridized carbons (Fsp3) is 0. The summed E-state index contributed by atoms with van der Waals surface area (Å²) in [6.07, 6.45) is 3.43. The van der Waals surface area contributed by atoms with Gasteiger partial charge in [-0.05, 0) is 48.5 Å². The molecule has 23 heavy (non-hydrogen) atoms. The van der Waals surface area contributed by atoms with Crippen molar-refractivity contribution in [3.8, 4) is 11.4 Å². The zero-order valence-corrected chi connectivity index (χ0v) is 12.6. The predicted octanol–water partition coefficient (Wildman–Crippen LogP) is 3.58. The van der Waals surface area contributed by atoms with Crippen LogP contribution >= 0.6 is 11.6 Å². The van der Waals surface area contributed by atoms with Gasteiger partial charge in [-0.15, -0.1) is 15.3 Å². The van der Waals surface area contributed by atoms with Crippen LogP contribution < -0.4 is 5.32 Å². The highest BCUT2D eigenvalue weighted by Crippen LogP contribution is 2.20. The Bertz CT molecular complexity index is 949. The Balaban J connectivity index is 1.73. The normalized spacial score (nSPS) is 10.8. The maximum Gasteiger partial charge on any atom is 0.185 e. The molecule has 0 amide bonds. The smallest absolute Gasteiger partial charge is 0.185 e. The summed E-state index contributed by atoms with van der Waals surface area (Å²) in [6, 6.07) is 14.9. The molecule has 0 atom stereocenters. The number of fused-ring (bicyclic) bond motifs is 1. The fourth-order valence-corrected chi connectivity index (χ4v) is 2.34. The quantitative estimate of drug-likeness (QED) is 0.624. The highest BCUT2D eigenvalue weighted by atomic mass is 35.5. The zero-order chi connectivity index (χ0) is 15.6. The highest BCUT2D eigenvalue weighted by Gasteiger charge is 2.09. The van der Waals surface area contributed by atoms with Crippen molar-refractivity contribution in [1.29, 1.82) is 0 Å². The summed E-state index contributed by atoms with van der Waals surface area (Å²) in [4.78, 5) is 4.01. The van der Waals surface area contributed by atoms with Crippen LogP contribution in [0.1, 0.15) is 0 Å². The summed E-state index contributed by atoms with van der Waals surface area (Å²) >= 11 is 5.90. The van der Waals surface area contributed by atoms with Crippen LogP contribution in [0.5, 0.6) is 0 Å². The first-order valence-corrected chi connectivity index (χ1v) is 7.33. The molecule has 0 saturated heterocycles. The summed E-state index contributed by atoms with van der Waals surface area (Å²) in [5.41, 5.74) is 2.49. The molecule has 1 N–H and O–H groups in total. The van der Waals surface area contributed by atoms with E-state index in [-0.39, 0.29) is 0 Å². The van der Waals surface area contributed by atoms with Crippen LogP contribution in [-0.4, -0.2) is 24.8 Å². The van der Waals surface area contributed by atoms with Crippen LogP contribution in [0.3, 0.4) is 0 Å². The second-order valence-corrected chi connectivity index (χ2v) is 5.32. The molecule has 0 unspecified atom stereocenters. The van der Waals surface area contributed by atoms with Gasteiger partial charge in [0.05, 0.1) is 0 Å². The van der Waals surface area contributed by atoms with Crippen LogP contribution in [0.15, 0.2) is 60.9 Å². The Morgan fingerprint density at radius 2 is 1.65 bits per heavy atom. The monoisotopic (exact) mass is 322 g/mol. The average molecular weight is 323 g/mol. The molecule has 0 aliphatic heterocycles. The largest absolute Gasteiger partial charge is 0.339 e. The molecule has 0 radical (unpaired) electrons. The van der Waals surface area contributed by atoms with Crippen LogP contribution in [0.2, 0.25) is 5.02 Å². The third-order valence-corrected chi connectivity index (χ3v) is 3.57. The standard InChI is InChI=1S/C16H11ClN6/c17-12-1-3-13(4-2-12)19-14-5-6-15-20-21-16(23(15)22-14)11-7-9-18-10-8-11/h1-10H,(H,19,22). The molecule has 0 aliphatic rings. The van der Waals surface area contributed by atoms with Crippen LogP contribution in [-0.2, 0) is 0 Å². The molecule has 6 nitrogen and oxygen atoms in total. The van der Waals surface area contributed by atoms with E-state index in [4.69, 9.17) is 11.6 Å². The molecule has 112 valence electrons. The molecule has 3 aromatic heterocycles.